The zero-order valence-corrected chi connectivity index (χ0v) is 16.1. The fourth-order valence-electron chi connectivity index (χ4n) is 4.00. The Morgan fingerprint density at radius 1 is 1.12 bits per heavy atom. The Balaban J connectivity index is 1.68. The molecule has 1 saturated carbocycles. The summed E-state index contributed by atoms with van der Waals surface area (Å²) in [4.78, 5) is 2.78. The lowest BCUT2D eigenvalue weighted by molar-refractivity contribution is 0.136. The van der Waals surface area contributed by atoms with E-state index in [0.29, 0.717) is 11.1 Å². The minimum Gasteiger partial charge on any atom is -0.300 e. The average Bonchev–Trinajstić information content (AvgIpc) is 3.05. The van der Waals surface area contributed by atoms with Crippen LogP contribution in [0.3, 0.4) is 0 Å². The molecule has 2 fully saturated rings. The van der Waals surface area contributed by atoms with Gasteiger partial charge < -0.3 is 4.90 Å². The number of halogens is 1. The molecule has 1 aliphatic carbocycles. The molecule has 0 radical (unpaired) electrons. The van der Waals surface area contributed by atoms with Crippen LogP contribution in [0.25, 0.3) is 0 Å². The first-order valence-electron chi connectivity index (χ1n) is 8.86. The van der Waals surface area contributed by atoms with Gasteiger partial charge in [0.25, 0.3) is 0 Å². The molecule has 6 heteroatoms. The second kappa shape index (κ2) is 7.32. The van der Waals surface area contributed by atoms with Crippen LogP contribution in [0, 0.1) is 5.92 Å². The van der Waals surface area contributed by atoms with Gasteiger partial charge in [-0.1, -0.05) is 30.7 Å². The van der Waals surface area contributed by atoms with Gasteiger partial charge in [0.15, 0.2) is 0 Å². The van der Waals surface area contributed by atoms with Crippen molar-refractivity contribution in [3.05, 3.63) is 29.3 Å². The second-order valence-electron chi connectivity index (χ2n) is 7.29. The number of rotatable bonds is 4. The van der Waals surface area contributed by atoms with E-state index in [0.717, 1.165) is 38.3 Å². The highest BCUT2D eigenvalue weighted by Gasteiger charge is 2.37. The van der Waals surface area contributed by atoms with Crippen LogP contribution in [0.2, 0.25) is 5.02 Å². The van der Waals surface area contributed by atoms with Crippen LogP contribution < -0.4 is 0 Å². The largest absolute Gasteiger partial charge is 0.300 e. The Bertz CT molecular complexity index is 671. The Morgan fingerprint density at radius 2 is 1.79 bits per heavy atom. The zero-order valence-electron chi connectivity index (χ0n) is 14.5. The third-order valence-corrected chi connectivity index (χ3v) is 8.13. The minimum atomic E-state index is -3.53. The summed E-state index contributed by atoms with van der Waals surface area (Å²) in [5.41, 5.74) is 0. The maximum absolute atomic E-state index is 12.9. The summed E-state index contributed by atoms with van der Waals surface area (Å²) in [5.74, 6) is 0.821. The molecule has 0 aromatic heterocycles. The van der Waals surface area contributed by atoms with Crippen LogP contribution in [0.1, 0.15) is 39.0 Å². The number of benzene rings is 1. The summed E-state index contributed by atoms with van der Waals surface area (Å²) in [6, 6.07) is 7.28. The average molecular weight is 371 g/mol. The van der Waals surface area contributed by atoms with Crippen molar-refractivity contribution < 1.29 is 8.42 Å². The second-order valence-corrected chi connectivity index (χ2v) is 9.66. The van der Waals surface area contributed by atoms with Crippen molar-refractivity contribution in [3.63, 3.8) is 0 Å². The fraction of sp³-hybridized carbons (Fsp3) is 0.667. The number of likely N-dealkylation sites (tertiary alicyclic amines) is 1. The van der Waals surface area contributed by atoms with E-state index in [-0.39, 0.29) is 10.9 Å². The summed E-state index contributed by atoms with van der Waals surface area (Å²) in [5, 5.41) is 0.295. The van der Waals surface area contributed by atoms with Gasteiger partial charge >= 0.3 is 0 Å². The molecule has 0 N–H and O–H groups in total. The summed E-state index contributed by atoms with van der Waals surface area (Å²) in [6.07, 6.45) is 5.46. The first-order chi connectivity index (χ1) is 11.4. The van der Waals surface area contributed by atoms with Crippen LogP contribution in [-0.2, 0) is 10.0 Å². The normalized spacial score (nSPS) is 27.0. The van der Waals surface area contributed by atoms with Gasteiger partial charge in [-0.15, -0.1) is 0 Å². The topological polar surface area (TPSA) is 40.6 Å². The molecular formula is C18H27ClN2O2S. The van der Waals surface area contributed by atoms with Gasteiger partial charge in [-0.25, -0.2) is 8.42 Å². The number of piperidine rings is 1. The van der Waals surface area contributed by atoms with E-state index in [1.54, 1.807) is 35.6 Å². The summed E-state index contributed by atoms with van der Waals surface area (Å²) in [7, 11) is -1.83. The molecule has 0 amide bonds. The molecule has 1 aliphatic heterocycles. The van der Waals surface area contributed by atoms with E-state index in [2.05, 4.69) is 11.8 Å². The van der Waals surface area contributed by atoms with E-state index in [9.17, 15) is 8.42 Å². The maximum Gasteiger partial charge on any atom is 0.244 e. The highest BCUT2D eigenvalue weighted by molar-refractivity contribution is 7.89. The molecule has 2 aliphatic rings. The van der Waals surface area contributed by atoms with E-state index >= 15 is 0 Å². The smallest absolute Gasteiger partial charge is 0.244 e. The predicted octanol–water partition coefficient (Wildman–Crippen LogP) is 3.61. The Labute approximate surface area is 150 Å². The molecule has 24 heavy (non-hydrogen) atoms. The quantitative estimate of drug-likeness (QED) is 0.812. The lowest BCUT2D eigenvalue weighted by Crippen LogP contribution is -2.41. The fourth-order valence-corrected chi connectivity index (χ4v) is 5.88. The lowest BCUT2D eigenvalue weighted by atomic mass is 9.97. The van der Waals surface area contributed by atoms with Gasteiger partial charge in [0.1, 0.15) is 4.90 Å². The van der Waals surface area contributed by atoms with E-state index in [1.807, 2.05) is 0 Å². The Kier molecular flexibility index (Phi) is 5.55. The SMILES string of the molecule is CC1CCN([C@H]2CC[C@@H](N(C)S(=O)(=O)c3ccccc3Cl)C2)CC1. The van der Waals surface area contributed by atoms with E-state index in [4.69, 9.17) is 11.6 Å². The molecule has 4 nitrogen and oxygen atoms in total. The molecule has 134 valence electrons. The van der Waals surface area contributed by atoms with Crippen LogP contribution in [-0.4, -0.2) is 49.8 Å². The van der Waals surface area contributed by atoms with Crippen LogP contribution in [0.15, 0.2) is 29.2 Å². The zero-order chi connectivity index (χ0) is 17.3. The minimum absolute atomic E-state index is 0.0654. The third-order valence-electron chi connectivity index (χ3n) is 5.72. The van der Waals surface area contributed by atoms with Crippen molar-refractivity contribution in [2.75, 3.05) is 20.1 Å². The van der Waals surface area contributed by atoms with Gasteiger partial charge in [0.2, 0.25) is 10.0 Å². The molecule has 1 aromatic rings. The first-order valence-corrected chi connectivity index (χ1v) is 10.7. The van der Waals surface area contributed by atoms with Crippen LogP contribution >= 0.6 is 11.6 Å². The maximum atomic E-state index is 12.9. The monoisotopic (exact) mass is 370 g/mol. The van der Waals surface area contributed by atoms with Crippen LogP contribution in [0.4, 0.5) is 0 Å². The molecule has 1 aromatic carbocycles. The summed E-state index contributed by atoms with van der Waals surface area (Å²) in [6.45, 7) is 4.62. The van der Waals surface area contributed by atoms with Crippen molar-refractivity contribution in [2.24, 2.45) is 5.92 Å². The lowest BCUT2D eigenvalue weighted by Gasteiger charge is -2.35. The molecule has 1 saturated heterocycles. The van der Waals surface area contributed by atoms with Crippen molar-refractivity contribution in [2.45, 2.75) is 56.0 Å². The van der Waals surface area contributed by atoms with Gasteiger partial charge in [0.05, 0.1) is 5.02 Å². The predicted molar refractivity (Wildman–Crippen MR) is 97.8 cm³/mol. The Hall–Kier alpha value is -0.620. The van der Waals surface area contributed by atoms with Crippen molar-refractivity contribution in [3.8, 4) is 0 Å². The highest BCUT2D eigenvalue weighted by atomic mass is 35.5. The molecule has 0 bridgehead atoms. The van der Waals surface area contributed by atoms with Crippen molar-refractivity contribution in [1.29, 1.82) is 0 Å². The third kappa shape index (κ3) is 3.64. The number of nitrogens with zero attached hydrogens (tertiary/aromatic N) is 2. The van der Waals surface area contributed by atoms with Crippen molar-refractivity contribution >= 4 is 21.6 Å². The van der Waals surface area contributed by atoms with Crippen LogP contribution in [0.5, 0.6) is 0 Å². The number of hydrogen-bond donors (Lipinski definition) is 0. The number of hydrogen-bond acceptors (Lipinski definition) is 3. The molecular weight excluding hydrogens is 344 g/mol. The molecule has 3 rings (SSSR count). The van der Waals surface area contributed by atoms with Gasteiger partial charge in [0, 0.05) is 19.1 Å². The molecule has 0 unspecified atom stereocenters. The Morgan fingerprint density at radius 3 is 2.46 bits per heavy atom. The van der Waals surface area contributed by atoms with Crippen molar-refractivity contribution in [1.82, 2.24) is 9.21 Å². The van der Waals surface area contributed by atoms with Gasteiger partial charge in [-0.3, -0.25) is 0 Å². The first kappa shape index (κ1) is 18.2. The van der Waals surface area contributed by atoms with E-state index in [1.165, 1.54) is 12.8 Å². The van der Waals surface area contributed by atoms with Gasteiger partial charge in [-0.2, -0.15) is 4.31 Å². The standard InChI is InChI=1S/C18H27ClN2O2S/c1-14-9-11-21(12-10-14)16-8-7-15(13-16)20(2)24(22,23)18-6-4-3-5-17(18)19/h3-6,14-16H,7-13H2,1-2H3/t15-,16+/m1/s1. The summed E-state index contributed by atoms with van der Waals surface area (Å²) < 4.78 is 27.3. The van der Waals surface area contributed by atoms with E-state index < -0.39 is 10.0 Å². The molecule has 1 heterocycles. The molecule has 0 spiro atoms. The summed E-state index contributed by atoms with van der Waals surface area (Å²) >= 11 is 6.11. The number of sulfonamides is 1. The van der Waals surface area contributed by atoms with Gasteiger partial charge in [-0.05, 0) is 63.2 Å². The highest BCUT2D eigenvalue weighted by Crippen LogP contribution is 2.33. The molecule has 2 atom stereocenters.